The highest BCUT2D eigenvalue weighted by molar-refractivity contribution is 7.90. The number of likely N-dealkylation sites (tertiary alicyclic amines) is 2. The lowest BCUT2D eigenvalue weighted by molar-refractivity contribution is 0.0666. The van der Waals surface area contributed by atoms with Crippen LogP contribution in [0.4, 0.5) is 41.9 Å². The summed E-state index contributed by atoms with van der Waals surface area (Å²) in [6.45, 7) is 20.3. The SMILES string of the molecule is CC(C)n1nc(S(=O)(=O)NC(=O)Nc2c3c(cc4c2CCC4)CCC3)cc1C1(N(C)C)CC1.CC1CN(C(C)c2cc(S(=O)(=O)NC(=O)Nc3c4c(cc5c3CCC5)CCC4)nn2C)C1.CN(C)Cc1cc(S(=O)(=O)NC(=O)Nc2c3c(cc4c2CCC4)CCC3)nn1CC(C)(C)C.O=C(Nc1c2c(cc3c1CCC3)CCC2)NS(=O)(=O)c1cc(CN2CCC2)n(C2CC2)n1. The van der Waals surface area contributed by atoms with Gasteiger partial charge in [-0.2, -0.15) is 54.1 Å². The van der Waals surface area contributed by atoms with E-state index in [0.29, 0.717) is 25.6 Å². The van der Waals surface area contributed by atoms with Crippen molar-refractivity contribution < 1.29 is 52.8 Å². The molecule has 8 N–H and O–H groups in total. The van der Waals surface area contributed by atoms with E-state index in [9.17, 15) is 52.8 Å². The van der Waals surface area contributed by atoms with Gasteiger partial charge in [0.2, 0.25) is 0 Å². The van der Waals surface area contributed by atoms with Crippen LogP contribution < -0.4 is 40.2 Å². The Morgan fingerprint density at radius 1 is 0.454 bits per heavy atom. The van der Waals surface area contributed by atoms with Crippen LogP contribution in [-0.4, -0.2) is 171 Å². The van der Waals surface area contributed by atoms with E-state index in [1.807, 2.05) is 51.6 Å². The summed E-state index contributed by atoms with van der Waals surface area (Å²) in [6.07, 6.45) is 29.1. The summed E-state index contributed by atoms with van der Waals surface area (Å²) >= 11 is 0. The molecule has 8 aromatic rings. The number of amides is 8. The highest BCUT2D eigenvalue weighted by Gasteiger charge is 2.50. The van der Waals surface area contributed by atoms with Crippen molar-refractivity contribution in [1.29, 1.82) is 0 Å². The van der Waals surface area contributed by atoms with E-state index in [0.717, 1.165) is 285 Å². The predicted octanol–water partition coefficient (Wildman–Crippen LogP) is 12.8. The number of carbonyl (C=O) groups excluding carboxylic acids is 4. The molecule has 20 rings (SSSR count). The fraction of sp³-hybridized carbons (Fsp3) is 0.574. The van der Waals surface area contributed by atoms with Crippen molar-refractivity contribution in [3.8, 4) is 0 Å². The number of benzene rings is 4. The van der Waals surface area contributed by atoms with Gasteiger partial charge in [0.1, 0.15) is 0 Å². The summed E-state index contributed by atoms with van der Waals surface area (Å²) in [4.78, 5) is 60.0. The van der Waals surface area contributed by atoms with E-state index in [4.69, 9.17) is 0 Å². The molecule has 36 heteroatoms. The molecule has 32 nitrogen and oxygen atoms in total. The van der Waals surface area contributed by atoms with Gasteiger partial charge < -0.3 is 26.2 Å². The zero-order valence-electron chi connectivity index (χ0n) is 77.3. The number of hydrogen-bond donors (Lipinski definition) is 8. The Labute approximate surface area is 765 Å². The van der Waals surface area contributed by atoms with Gasteiger partial charge in [0, 0.05) is 98.9 Å². The average molecular weight is 1860 g/mol. The smallest absolute Gasteiger partial charge is 0.307 e. The first-order valence-electron chi connectivity index (χ1n) is 46.8. The summed E-state index contributed by atoms with van der Waals surface area (Å²) in [5.74, 6) is 0.653. The number of hydrogen-bond acceptors (Lipinski definition) is 20. The molecule has 12 aliphatic rings. The quantitative estimate of drug-likeness (QED) is 0.0295. The fourth-order valence-corrected chi connectivity index (χ4v) is 24.9. The Bertz CT molecular complexity index is 6150. The lowest BCUT2D eigenvalue weighted by Gasteiger charge is -2.41. The van der Waals surface area contributed by atoms with Gasteiger partial charge in [-0.05, 0) is 349 Å². The molecule has 0 spiro atoms. The first-order chi connectivity index (χ1) is 61.7. The third kappa shape index (κ3) is 19.5. The van der Waals surface area contributed by atoms with Crippen molar-refractivity contribution in [2.45, 2.75) is 298 Å². The van der Waals surface area contributed by atoms with Gasteiger partial charge in [-0.25, -0.2) is 38.1 Å². The molecule has 1 unspecified atom stereocenters. The van der Waals surface area contributed by atoms with Crippen molar-refractivity contribution in [2.24, 2.45) is 18.4 Å². The van der Waals surface area contributed by atoms with E-state index >= 15 is 0 Å². The maximum absolute atomic E-state index is 13.1. The number of sulfonamides is 4. The Kier molecular flexibility index (Phi) is 25.9. The van der Waals surface area contributed by atoms with Crippen molar-refractivity contribution in [3.05, 3.63) is 160 Å². The number of nitrogens with zero attached hydrogens (tertiary/aromatic N) is 12. The molecule has 0 radical (unpaired) electrons. The lowest BCUT2D eigenvalue weighted by atomic mass is 9.97. The van der Waals surface area contributed by atoms with Gasteiger partial charge in [-0.15, -0.1) is 0 Å². The number of rotatable bonds is 23. The monoisotopic (exact) mass is 1860 g/mol. The van der Waals surface area contributed by atoms with Crippen LogP contribution >= 0.6 is 0 Å². The minimum absolute atomic E-state index is 0.00435. The van der Waals surface area contributed by atoms with Gasteiger partial charge in [0.15, 0.2) is 20.1 Å². The largest absolute Gasteiger partial charge is 0.333 e. The van der Waals surface area contributed by atoms with E-state index < -0.39 is 64.2 Å². The molecule has 4 fully saturated rings. The van der Waals surface area contributed by atoms with Crippen LogP contribution in [0.3, 0.4) is 0 Å². The molecule has 1 atom stereocenters. The number of nitrogens with one attached hydrogen (secondary N) is 8. The molecule has 4 aromatic heterocycles. The molecule has 2 saturated heterocycles. The molecule has 8 amide bonds. The topological polar surface area (TPSA) is 385 Å². The first-order valence-corrected chi connectivity index (χ1v) is 52.8. The summed E-state index contributed by atoms with van der Waals surface area (Å²) < 4.78 is 120. The van der Waals surface area contributed by atoms with Crippen LogP contribution in [0.5, 0.6) is 0 Å². The minimum atomic E-state index is -4.11. The van der Waals surface area contributed by atoms with Crippen molar-refractivity contribution >= 4 is 87.0 Å². The molecule has 10 aliphatic carbocycles. The second kappa shape index (κ2) is 36.4. The molecule has 2 saturated carbocycles. The van der Waals surface area contributed by atoms with Gasteiger partial charge >= 0.3 is 24.1 Å². The number of carbonyl (C=O) groups is 4. The molecule has 130 heavy (non-hydrogen) atoms. The Balaban J connectivity index is 0.000000121. The normalized spacial score (nSPS) is 18.3. The standard InChI is InChI=1S/C24H33N5O3S.C24H35N5O3S.C23H29N5O3S.C23H31N5O3S/c1-15(2)29-20(24(11-12-24)28(3)4)14-21(26-29)33(31,32)27-23(30)25-22-18-9-5-7-16(18)13-17-8-6-10-19(17)22;1-24(2,3)15-29-18(14-28(4)5)13-21(26-29)33(31,32)27-23(30)25-22-19-10-6-8-16(19)12-17-9-7-11-20(17)22;29-23(24-22-19-6-1-4-15(19)12-16-5-2-7-20(16)22)26-32(30,31)21-13-18(14-27-10-3-11-27)28(25-21)17-8-9-17;1-14-12-28(13-14)15(2)20-11-21(25-27(20)3)32(30,31)26-23(29)24-22-18-8-4-6-16(18)10-17-7-5-9-19(17)22/h13-15H,5-12H2,1-4H3,(H2,25,27,30);12-13H,6-11,14-15H2,1-5H3,(H2,25,27,30);12-13,17H,1-11,14H2,(H2,24,26,29);10-11,14-15H,4-9,12-13H2,1-3H3,(H2,24,26,29). The second-order valence-electron chi connectivity index (χ2n) is 40.0. The first kappa shape index (κ1) is 92.3. The van der Waals surface area contributed by atoms with Crippen LogP contribution in [0.1, 0.15) is 262 Å². The van der Waals surface area contributed by atoms with E-state index in [1.54, 1.807) is 45.4 Å². The van der Waals surface area contributed by atoms with Crippen molar-refractivity contribution in [1.82, 2.24) is 77.6 Å². The Hall–Kier alpha value is -9.56. The maximum Gasteiger partial charge on any atom is 0.333 e. The zero-order chi connectivity index (χ0) is 92.0. The van der Waals surface area contributed by atoms with Crippen molar-refractivity contribution in [3.63, 3.8) is 0 Å². The molecule has 2 aliphatic heterocycles. The molecular formula is C94H128N20O12S4. The second-order valence-corrected chi connectivity index (χ2v) is 46.5. The summed E-state index contributed by atoms with van der Waals surface area (Å²) in [6, 6.07) is 13.0. The Morgan fingerprint density at radius 2 is 0.800 bits per heavy atom. The molecule has 0 bridgehead atoms. The van der Waals surface area contributed by atoms with E-state index in [1.165, 1.54) is 62.1 Å². The molecule has 6 heterocycles. The van der Waals surface area contributed by atoms with Crippen LogP contribution in [-0.2, 0) is 175 Å². The highest BCUT2D eigenvalue weighted by Crippen LogP contribution is 2.51. The van der Waals surface area contributed by atoms with Gasteiger partial charge in [0.05, 0.1) is 34.4 Å². The molecule has 700 valence electrons. The van der Waals surface area contributed by atoms with Gasteiger partial charge in [-0.1, -0.05) is 52.0 Å². The van der Waals surface area contributed by atoms with Crippen LogP contribution in [0.2, 0.25) is 0 Å². The summed E-state index contributed by atoms with van der Waals surface area (Å²) in [5.41, 5.74) is 26.0. The third-order valence-electron chi connectivity index (χ3n) is 28.0. The van der Waals surface area contributed by atoms with E-state index in [-0.39, 0.29) is 49.2 Å². The Morgan fingerprint density at radius 3 is 1.11 bits per heavy atom. The third-order valence-corrected chi connectivity index (χ3v) is 32.9. The van der Waals surface area contributed by atoms with Crippen molar-refractivity contribution in [2.75, 3.05) is 75.6 Å². The number of urea groups is 4. The summed E-state index contributed by atoms with van der Waals surface area (Å²) in [7, 11) is -6.77. The average Bonchev–Trinajstić information content (AvgIpc) is 1.57. The maximum atomic E-state index is 13.1. The fourth-order valence-electron chi connectivity index (χ4n) is 21.3. The molecular weight excluding hydrogens is 1730 g/mol. The van der Waals surface area contributed by atoms with Gasteiger partial charge in [-0.3, -0.25) is 33.4 Å². The van der Waals surface area contributed by atoms with Crippen LogP contribution in [0.15, 0.2) is 68.6 Å². The predicted molar refractivity (Wildman–Crippen MR) is 498 cm³/mol. The van der Waals surface area contributed by atoms with E-state index in [2.05, 4.69) is 134 Å². The van der Waals surface area contributed by atoms with Crippen LogP contribution in [0, 0.1) is 11.3 Å². The lowest BCUT2D eigenvalue weighted by Crippen LogP contribution is -2.46. The number of anilines is 4. The van der Waals surface area contributed by atoms with Crippen LogP contribution in [0.25, 0.3) is 0 Å². The van der Waals surface area contributed by atoms with Gasteiger partial charge in [0.25, 0.3) is 40.1 Å². The highest BCUT2D eigenvalue weighted by atomic mass is 32.2. The number of aromatic nitrogens is 8. The zero-order valence-corrected chi connectivity index (χ0v) is 80.5. The number of fused-ring (bicyclic) bond motifs is 8. The minimum Gasteiger partial charge on any atom is -0.307 e. The summed E-state index contributed by atoms with van der Waals surface area (Å²) in [5, 5.41) is 28.5. The number of aryl methyl sites for hydroxylation is 9. The molecule has 4 aromatic carbocycles.